The van der Waals surface area contributed by atoms with E-state index in [0.717, 1.165) is 36.2 Å². The van der Waals surface area contributed by atoms with Crippen LogP contribution in [0.2, 0.25) is 0 Å². The molecule has 0 aromatic heterocycles. The number of carbonyl (C=O) groups is 1. The molecule has 0 atom stereocenters. The molecule has 1 saturated heterocycles. The number of hydrogen-bond acceptors (Lipinski definition) is 1. The summed E-state index contributed by atoms with van der Waals surface area (Å²) in [6.07, 6.45) is 1.12. The minimum Gasteiger partial charge on any atom is -0.338 e. The Bertz CT molecular complexity index is 656. The van der Waals surface area contributed by atoms with Crippen LogP contribution in [-0.2, 0) is 0 Å². The maximum Gasteiger partial charge on any atom is 0.254 e. The molecule has 102 valence electrons. The van der Waals surface area contributed by atoms with Crippen LogP contribution < -0.4 is 0 Å². The molecule has 0 aliphatic carbocycles. The molecule has 2 aromatic rings. The van der Waals surface area contributed by atoms with Gasteiger partial charge in [-0.3, -0.25) is 4.79 Å². The Morgan fingerprint density at radius 2 is 1.75 bits per heavy atom. The van der Waals surface area contributed by atoms with Gasteiger partial charge in [0, 0.05) is 18.7 Å². The van der Waals surface area contributed by atoms with Gasteiger partial charge in [-0.05, 0) is 48.6 Å². The first kappa shape index (κ1) is 12.9. The van der Waals surface area contributed by atoms with Gasteiger partial charge >= 0.3 is 0 Å². The molecule has 0 unspecified atom stereocenters. The van der Waals surface area contributed by atoms with Crippen molar-refractivity contribution in [3.05, 3.63) is 59.2 Å². The summed E-state index contributed by atoms with van der Waals surface area (Å²) in [5.74, 6) is 0.157. The molecule has 1 fully saturated rings. The van der Waals surface area contributed by atoms with Crippen LogP contribution in [0.1, 0.15) is 27.9 Å². The number of likely N-dealkylation sites (tertiary alicyclic amines) is 1. The standard InChI is InChI=1S/C18H19NO/c1-13-8-9-15(12-14(13)2)16-6-3-4-7-17(16)18(20)19-10-5-11-19/h3-4,6-9,12H,5,10-11H2,1-2H3. The van der Waals surface area contributed by atoms with Gasteiger partial charge in [-0.25, -0.2) is 0 Å². The van der Waals surface area contributed by atoms with E-state index in [1.807, 2.05) is 29.2 Å². The molecule has 0 spiro atoms. The highest BCUT2D eigenvalue weighted by Crippen LogP contribution is 2.27. The number of carbonyl (C=O) groups excluding carboxylic acids is 1. The summed E-state index contributed by atoms with van der Waals surface area (Å²) in [5.41, 5.74) is 5.51. The van der Waals surface area contributed by atoms with E-state index in [0.29, 0.717) is 0 Å². The van der Waals surface area contributed by atoms with Crippen molar-refractivity contribution < 1.29 is 4.79 Å². The van der Waals surface area contributed by atoms with Crippen molar-refractivity contribution in [3.63, 3.8) is 0 Å². The van der Waals surface area contributed by atoms with E-state index in [2.05, 4.69) is 32.0 Å². The zero-order chi connectivity index (χ0) is 14.1. The van der Waals surface area contributed by atoms with Gasteiger partial charge < -0.3 is 4.90 Å². The van der Waals surface area contributed by atoms with Crippen molar-refractivity contribution >= 4 is 5.91 Å². The van der Waals surface area contributed by atoms with E-state index in [1.165, 1.54) is 11.1 Å². The normalized spacial score (nSPS) is 14.0. The average molecular weight is 265 g/mol. The topological polar surface area (TPSA) is 20.3 Å². The summed E-state index contributed by atoms with van der Waals surface area (Å²) in [7, 11) is 0. The van der Waals surface area contributed by atoms with Crippen LogP contribution in [0, 0.1) is 13.8 Å². The largest absolute Gasteiger partial charge is 0.338 e. The molecule has 20 heavy (non-hydrogen) atoms. The molecule has 0 N–H and O–H groups in total. The van der Waals surface area contributed by atoms with Crippen molar-refractivity contribution in [2.75, 3.05) is 13.1 Å². The van der Waals surface area contributed by atoms with Crippen LogP contribution in [0.3, 0.4) is 0 Å². The molecular weight excluding hydrogens is 246 g/mol. The maximum absolute atomic E-state index is 12.5. The Morgan fingerprint density at radius 1 is 1.00 bits per heavy atom. The molecular formula is C18H19NO. The van der Waals surface area contributed by atoms with Gasteiger partial charge in [0.2, 0.25) is 0 Å². The molecule has 1 aliphatic rings. The van der Waals surface area contributed by atoms with E-state index in [9.17, 15) is 4.79 Å². The number of aryl methyl sites for hydroxylation is 2. The number of rotatable bonds is 2. The average Bonchev–Trinajstić information content (AvgIpc) is 2.40. The summed E-state index contributed by atoms with van der Waals surface area (Å²) >= 11 is 0. The van der Waals surface area contributed by atoms with Crippen LogP contribution in [-0.4, -0.2) is 23.9 Å². The molecule has 1 amide bonds. The van der Waals surface area contributed by atoms with Crippen molar-refractivity contribution in [2.24, 2.45) is 0 Å². The predicted molar refractivity (Wildman–Crippen MR) is 81.9 cm³/mol. The third kappa shape index (κ3) is 2.22. The summed E-state index contributed by atoms with van der Waals surface area (Å²) in [4.78, 5) is 14.4. The van der Waals surface area contributed by atoms with E-state index >= 15 is 0 Å². The Kier molecular flexibility index (Phi) is 3.31. The molecule has 0 bridgehead atoms. The quantitative estimate of drug-likeness (QED) is 0.808. The molecule has 0 saturated carbocycles. The van der Waals surface area contributed by atoms with Crippen LogP contribution in [0.25, 0.3) is 11.1 Å². The fraction of sp³-hybridized carbons (Fsp3) is 0.278. The first-order valence-corrected chi connectivity index (χ1v) is 7.13. The van der Waals surface area contributed by atoms with E-state index in [4.69, 9.17) is 0 Å². The van der Waals surface area contributed by atoms with Gasteiger partial charge in [0.05, 0.1) is 0 Å². The Morgan fingerprint density at radius 3 is 2.40 bits per heavy atom. The second kappa shape index (κ2) is 5.12. The second-order valence-electron chi connectivity index (χ2n) is 5.49. The lowest BCUT2D eigenvalue weighted by atomic mass is 9.95. The zero-order valence-electron chi connectivity index (χ0n) is 12.0. The number of hydrogen-bond donors (Lipinski definition) is 0. The lowest BCUT2D eigenvalue weighted by Crippen LogP contribution is -2.42. The van der Waals surface area contributed by atoms with Crippen molar-refractivity contribution in [3.8, 4) is 11.1 Å². The molecule has 2 aromatic carbocycles. The summed E-state index contributed by atoms with van der Waals surface area (Å²) in [5, 5.41) is 0. The van der Waals surface area contributed by atoms with Crippen LogP contribution in [0.15, 0.2) is 42.5 Å². The lowest BCUT2D eigenvalue weighted by Gasteiger charge is -2.31. The SMILES string of the molecule is Cc1ccc(-c2ccccc2C(=O)N2CCC2)cc1C. The fourth-order valence-electron chi connectivity index (χ4n) is 2.52. The van der Waals surface area contributed by atoms with Crippen LogP contribution >= 0.6 is 0 Å². The molecule has 3 rings (SSSR count). The highest BCUT2D eigenvalue weighted by molar-refractivity contribution is 6.01. The summed E-state index contributed by atoms with van der Waals surface area (Å²) < 4.78 is 0. The van der Waals surface area contributed by atoms with Gasteiger partial charge in [0.1, 0.15) is 0 Å². The highest BCUT2D eigenvalue weighted by Gasteiger charge is 2.23. The van der Waals surface area contributed by atoms with E-state index in [-0.39, 0.29) is 5.91 Å². The van der Waals surface area contributed by atoms with Crippen molar-refractivity contribution in [1.82, 2.24) is 4.90 Å². The second-order valence-corrected chi connectivity index (χ2v) is 5.49. The van der Waals surface area contributed by atoms with Crippen molar-refractivity contribution in [1.29, 1.82) is 0 Å². The number of amides is 1. The molecule has 1 aliphatic heterocycles. The van der Waals surface area contributed by atoms with Gasteiger partial charge in [0.25, 0.3) is 5.91 Å². The zero-order valence-corrected chi connectivity index (χ0v) is 12.0. The monoisotopic (exact) mass is 265 g/mol. The third-order valence-electron chi connectivity index (χ3n) is 4.12. The third-order valence-corrected chi connectivity index (χ3v) is 4.12. The van der Waals surface area contributed by atoms with Crippen LogP contribution in [0.4, 0.5) is 0 Å². The number of benzene rings is 2. The molecule has 2 nitrogen and oxygen atoms in total. The number of nitrogens with zero attached hydrogens (tertiary/aromatic N) is 1. The Balaban J connectivity index is 2.04. The predicted octanol–water partition coefficient (Wildman–Crippen LogP) is 3.82. The molecule has 1 heterocycles. The summed E-state index contributed by atoms with van der Waals surface area (Å²) in [6, 6.07) is 14.3. The van der Waals surface area contributed by atoms with Gasteiger partial charge in [-0.2, -0.15) is 0 Å². The van der Waals surface area contributed by atoms with Gasteiger partial charge in [-0.1, -0.05) is 36.4 Å². The first-order chi connectivity index (χ1) is 9.66. The van der Waals surface area contributed by atoms with Crippen LogP contribution in [0.5, 0.6) is 0 Å². The summed E-state index contributed by atoms with van der Waals surface area (Å²) in [6.45, 7) is 6.00. The van der Waals surface area contributed by atoms with E-state index < -0.39 is 0 Å². The first-order valence-electron chi connectivity index (χ1n) is 7.13. The Hall–Kier alpha value is -2.09. The minimum atomic E-state index is 0.157. The van der Waals surface area contributed by atoms with E-state index in [1.54, 1.807) is 0 Å². The fourth-order valence-corrected chi connectivity index (χ4v) is 2.52. The smallest absolute Gasteiger partial charge is 0.254 e. The minimum absolute atomic E-state index is 0.157. The van der Waals surface area contributed by atoms with Gasteiger partial charge in [-0.15, -0.1) is 0 Å². The highest BCUT2D eigenvalue weighted by atomic mass is 16.2. The van der Waals surface area contributed by atoms with Crippen molar-refractivity contribution in [2.45, 2.75) is 20.3 Å². The lowest BCUT2D eigenvalue weighted by molar-refractivity contribution is 0.0652. The Labute approximate surface area is 120 Å². The molecule has 0 radical (unpaired) electrons. The maximum atomic E-state index is 12.5. The van der Waals surface area contributed by atoms with Gasteiger partial charge in [0.15, 0.2) is 0 Å². The molecule has 2 heteroatoms.